The number of benzene rings is 1. The second kappa shape index (κ2) is 6.79. The van der Waals surface area contributed by atoms with E-state index in [4.69, 9.17) is 0 Å². The second-order valence-electron chi connectivity index (χ2n) is 6.98. The summed E-state index contributed by atoms with van der Waals surface area (Å²) in [6.07, 6.45) is 0.697. The molecule has 1 fully saturated rings. The minimum atomic E-state index is -3.14. The molecule has 0 saturated carbocycles. The van der Waals surface area contributed by atoms with Gasteiger partial charge in [0, 0.05) is 12.8 Å². The van der Waals surface area contributed by atoms with Gasteiger partial charge in [-0.05, 0) is 31.0 Å². The normalized spacial score (nSPS) is 25.1. The van der Waals surface area contributed by atoms with Gasteiger partial charge in [-0.3, -0.25) is 9.59 Å². The van der Waals surface area contributed by atoms with Crippen molar-refractivity contribution in [2.45, 2.75) is 38.3 Å². The molecule has 0 radical (unpaired) electrons. The van der Waals surface area contributed by atoms with Crippen LogP contribution < -0.4 is 5.32 Å². The van der Waals surface area contributed by atoms with E-state index in [0.29, 0.717) is 12.0 Å². The van der Waals surface area contributed by atoms with E-state index in [1.54, 1.807) is 19.1 Å². The van der Waals surface area contributed by atoms with Crippen molar-refractivity contribution in [1.29, 1.82) is 0 Å². The number of halogens is 1. The van der Waals surface area contributed by atoms with Gasteiger partial charge in [0.2, 0.25) is 5.91 Å². The molecule has 2 amide bonds. The summed E-state index contributed by atoms with van der Waals surface area (Å²) in [5, 5.41) is 8.08. The highest BCUT2D eigenvalue weighted by Gasteiger charge is 2.40. The van der Waals surface area contributed by atoms with Crippen molar-refractivity contribution in [3.63, 3.8) is 0 Å². The van der Waals surface area contributed by atoms with Crippen molar-refractivity contribution in [2.24, 2.45) is 5.10 Å². The quantitative estimate of drug-likeness (QED) is 0.842. The van der Waals surface area contributed by atoms with Crippen LogP contribution in [0.2, 0.25) is 0 Å². The van der Waals surface area contributed by atoms with E-state index < -0.39 is 21.3 Å². The van der Waals surface area contributed by atoms with E-state index >= 15 is 0 Å². The number of hydrogen-bond acceptors (Lipinski definition) is 5. The van der Waals surface area contributed by atoms with Gasteiger partial charge in [-0.25, -0.2) is 17.8 Å². The maximum Gasteiger partial charge on any atom is 0.267 e. The van der Waals surface area contributed by atoms with Gasteiger partial charge >= 0.3 is 0 Å². The lowest BCUT2D eigenvalue weighted by molar-refractivity contribution is -0.132. The van der Waals surface area contributed by atoms with E-state index in [-0.39, 0.29) is 48.3 Å². The molecule has 3 rings (SSSR count). The van der Waals surface area contributed by atoms with Crippen LogP contribution in [0.1, 0.15) is 31.7 Å². The van der Waals surface area contributed by atoms with E-state index in [1.165, 1.54) is 17.1 Å². The van der Waals surface area contributed by atoms with Crippen molar-refractivity contribution >= 4 is 27.4 Å². The van der Waals surface area contributed by atoms with Crippen LogP contribution in [0, 0.1) is 5.82 Å². The highest BCUT2D eigenvalue weighted by molar-refractivity contribution is 7.91. The molecule has 1 saturated heterocycles. The summed E-state index contributed by atoms with van der Waals surface area (Å²) < 4.78 is 36.3. The Morgan fingerprint density at radius 3 is 2.62 bits per heavy atom. The molecule has 1 unspecified atom stereocenters. The molecule has 9 heteroatoms. The van der Waals surface area contributed by atoms with Crippen LogP contribution in [0.25, 0.3) is 0 Å². The van der Waals surface area contributed by atoms with Crippen LogP contribution in [-0.4, -0.2) is 48.0 Å². The van der Waals surface area contributed by atoms with Gasteiger partial charge in [0.05, 0.1) is 23.6 Å². The SMILES string of the molecule is CC1(NC(=O)C2=NN(Cc3ccc(F)cc3)C(=O)CC2)CCS(=O)(=O)C1. The topological polar surface area (TPSA) is 95.9 Å². The van der Waals surface area contributed by atoms with Crippen LogP contribution in [0.5, 0.6) is 0 Å². The van der Waals surface area contributed by atoms with Crippen molar-refractivity contribution in [1.82, 2.24) is 10.3 Å². The molecule has 0 aliphatic carbocycles. The molecule has 2 heterocycles. The summed E-state index contributed by atoms with van der Waals surface area (Å²) in [4.78, 5) is 24.6. The standard InChI is InChI=1S/C17H20FN3O4S/c1-17(8-9-26(24,25)11-17)19-16(23)14-6-7-15(22)21(20-14)10-12-2-4-13(18)5-3-12/h2-5H,6-11H2,1H3,(H,19,23). The molecule has 0 aromatic heterocycles. The zero-order valence-electron chi connectivity index (χ0n) is 14.4. The zero-order valence-corrected chi connectivity index (χ0v) is 15.2. The number of rotatable bonds is 4. The number of carbonyl (C=O) groups excluding carboxylic acids is 2. The van der Waals surface area contributed by atoms with Gasteiger partial charge in [0.15, 0.2) is 9.84 Å². The highest BCUT2D eigenvalue weighted by Crippen LogP contribution is 2.23. The Bertz CT molecular complexity index is 866. The molecule has 2 aliphatic rings. The Kier molecular flexibility index (Phi) is 4.83. The van der Waals surface area contributed by atoms with Gasteiger partial charge < -0.3 is 5.32 Å². The average Bonchev–Trinajstić information content (AvgIpc) is 2.84. The molecule has 1 atom stereocenters. The molecule has 1 aromatic rings. The first-order valence-electron chi connectivity index (χ1n) is 8.31. The maximum atomic E-state index is 13.0. The third-order valence-electron chi connectivity index (χ3n) is 4.53. The van der Waals surface area contributed by atoms with Crippen molar-refractivity contribution in [3.8, 4) is 0 Å². The van der Waals surface area contributed by atoms with Crippen LogP contribution >= 0.6 is 0 Å². The number of hydrogen-bond donors (Lipinski definition) is 1. The van der Waals surface area contributed by atoms with Crippen LogP contribution in [0.4, 0.5) is 4.39 Å². The van der Waals surface area contributed by atoms with E-state index in [0.717, 1.165) is 0 Å². The summed E-state index contributed by atoms with van der Waals surface area (Å²) in [7, 11) is -3.14. The van der Waals surface area contributed by atoms with E-state index in [9.17, 15) is 22.4 Å². The lowest BCUT2D eigenvalue weighted by Crippen LogP contribution is -2.50. The zero-order chi connectivity index (χ0) is 18.9. The van der Waals surface area contributed by atoms with Crippen molar-refractivity contribution < 1.29 is 22.4 Å². The van der Waals surface area contributed by atoms with E-state index in [1.807, 2.05) is 0 Å². The first-order valence-corrected chi connectivity index (χ1v) is 10.1. The first kappa shape index (κ1) is 18.5. The number of nitrogens with zero attached hydrogens (tertiary/aromatic N) is 2. The average molecular weight is 381 g/mol. The summed E-state index contributed by atoms with van der Waals surface area (Å²) in [5.41, 5.74) is 0.0676. The number of sulfone groups is 1. The largest absolute Gasteiger partial charge is 0.345 e. The third kappa shape index (κ3) is 4.27. The Morgan fingerprint density at radius 1 is 1.31 bits per heavy atom. The minimum absolute atomic E-state index is 0.0471. The molecule has 1 N–H and O–H groups in total. The van der Waals surface area contributed by atoms with Gasteiger partial charge in [0.1, 0.15) is 11.5 Å². The maximum absolute atomic E-state index is 13.0. The molecule has 26 heavy (non-hydrogen) atoms. The number of nitrogens with one attached hydrogen (secondary N) is 1. The van der Waals surface area contributed by atoms with Crippen molar-refractivity contribution in [3.05, 3.63) is 35.6 Å². The molecular weight excluding hydrogens is 361 g/mol. The Morgan fingerprint density at radius 2 is 2.00 bits per heavy atom. The van der Waals surface area contributed by atoms with Crippen LogP contribution in [0.3, 0.4) is 0 Å². The molecule has 7 nitrogen and oxygen atoms in total. The van der Waals surface area contributed by atoms with Gasteiger partial charge in [-0.1, -0.05) is 12.1 Å². The van der Waals surface area contributed by atoms with Gasteiger partial charge in [-0.15, -0.1) is 0 Å². The van der Waals surface area contributed by atoms with Gasteiger partial charge in [0.25, 0.3) is 5.91 Å². The fourth-order valence-electron chi connectivity index (χ4n) is 3.11. The molecule has 1 aromatic carbocycles. The van der Waals surface area contributed by atoms with Crippen molar-refractivity contribution in [2.75, 3.05) is 11.5 Å². The molecule has 2 aliphatic heterocycles. The number of carbonyl (C=O) groups is 2. The predicted octanol–water partition coefficient (Wildman–Crippen LogP) is 0.997. The van der Waals surface area contributed by atoms with Crippen LogP contribution in [0.15, 0.2) is 29.4 Å². The molecular formula is C17H20FN3O4S. The Labute approximate surface area is 151 Å². The minimum Gasteiger partial charge on any atom is -0.345 e. The summed E-state index contributed by atoms with van der Waals surface area (Å²) >= 11 is 0. The smallest absolute Gasteiger partial charge is 0.267 e. The van der Waals surface area contributed by atoms with Gasteiger partial charge in [-0.2, -0.15) is 5.10 Å². The predicted molar refractivity (Wildman–Crippen MR) is 93.4 cm³/mol. The third-order valence-corrected chi connectivity index (χ3v) is 6.43. The fourth-order valence-corrected chi connectivity index (χ4v) is 5.20. The number of amides is 2. The summed E-state index contributed by atoms with van der Waals surface area (Å²) in [5.74, 6) is -1.10. The molecule has 0 spiro atoms. The summed E-state index contributed by atoms with van der Waals surface area (Å²) in [6, 6.07) is 5.69. The Hall–Kier alpha value is -2.29. The monoisotopic (exact) mass is 381 g/mol. The van der Waals surface area contributed by atoms with Crippen LogP contribution in [-0.2, 0) is 26.0 Å². The van der Waals surface area contributed by atoms with E-state index in [2.05, 4.69) is 10.4 Å². The lowest BCUT2D eigenvalue weighted by Gasteiger charge is -2.27. The first-order chi connectivity index (χ1) is 12.2. The molecule has 0 bridgehead atoms. The highest BCUT2D eigenvalue weighted by atomic mass is 32.2. The lowest BCUT2D eigenvalue weighted by atomic mass is 10.0. The summed E-state index contributed by atoms with van der Waals surface area (Å²) in [6.45, 7) is 1.84. The Balaban J connectivity index is 1.71. The fraction of sp³-hybridized carbons (Fsp3) is 0.471. The number of hydrazone groups is 1. The second-order valence-corrected chi connectivity index (χ2v) is 9.17. The molecule has 140 valence electrons.